The van der Waals surface area contributed by atoms with E-state index in [9.17, 15) is 0 Å². The standard InChI is InChI=1S/C21H45NO2/c1-5-9-13-19(7-3)17-23-21(15-11-12-16-22)24-18-20(8-4)14-10-6-2/h19-21H,5-18,22H2,1-4H3. The molecule has 2 unspecified atom stereocenters. The van der Waals surface area contributed by atoms with E-state index < -0.39 is 0 Å². The molecule has 24 heavy (non-hydrogen) atoms. The van der Waals surface area contributed by atoms with Crippen LogP contribution in [0.2, 0.25) is 0 Å². The maximum atomic E-state index is 6.18. The molecule has 0 bridgehead atoms. The highest BCUT2D eigenvalue weighted by atomic mass is 16.7. The van der Waals surface area contributed by atoms with Gasteiger partial charge in [-0.25, -0.2) is 0 Å². The number of ether oxygens (including phenoxy) is 2. The zero-order valence-corrected chi connectivity index (χ0v) is 17.0. The van der Waals surface area contributed by atoms with Crippen molar-refractivity contribution in [1.82, 2.24) is 0 Å². The van der Waals surface area contributed by atoms with E-state index in [1.165, 1.54) is 51.4 Å². The Kier molecular flexibility index (Phi) is 17.6. The fourth-order valence-corrected chi connectivity index (χ4v) is 2.95. The lowest BCUT2D eigenvalue weighted by Crippen LogP contribution is -2.24. The zero-order chi connectivity index (χ0) is 18.0. The first kappa shape index (κ1) is 23.9. The molecule has 0 spiro atoms. The minimum atomic E-state index is -0.0390. The fourth-order valence-electron chi connectivity index (χ4n) is 2.95. The highest BCUT2D eigenvalue weighted by molar-refractivity contribution is 4.60. The molecule has 0 aliphatic carbocycles. The predicted molar refractivity (Wildman–Crippen MR) is 105 cm³/mol. The van der Waals surface area contributed by atoms with Gasteiger partial charge in [0.05, 0.1) is 13.2 Å². The van der Waals surface area contributed by atoms with Crippen LogP contribution in [-0.4, -0.2) is 26.0 Å². The van der Waals surface area contributed by atoms with Crippen LogP contribution in [0.5, 0.6) is 0 Å². The van der Waals surface area contributed by atoms with Crippen LogP contribution in [0.4, 0.5) is 0 Å². The Morgan fingerprint density at radius 3 is 1.54 bits per heavy atom. The van der Waals surface area contributed by atoms with Crippen molar-refractivity contribution >= 4 is 0 Å². The van der Waals surface area contributed by atoms with Crippen LogP contribution in [0.15, 0.2) is 0 Å². The zero-order valence-electron chi connectivity index (χ0n) is 17.0. The molecular weight excluding hydrogens is 298 g/mol. The summed E-state index contributed by atoms with van der Waals surface area (Å²) in [7, 11) is 0. The third kappa shape index (κ3) is 13.2. The summed E-state index contributed by atoms with van der Waals surface area (Å²) in [5.74, 6) is 1.35. The van der Waals surface area contributed by atoms with Gasteiger partial charge in [-0.05, 0) is 50.5 Å². The summed E-state index contributed by atoms with van der Waals surface area (Å²) in [6.07, 6.45) is 13.2. The van der Waals surface area contributed by atoms with E-state index in [1.54, 1.807) is 0 Å². The Hall–Kier alpha value is -0.120. The average molecular weight is 344 g/mol. The van der Waals surface area contributed by atoms with Crippen LogP contribution < -0.4 is 5.73 Å². The van der Waals surface area contributed by atoms with Gasteiger partial charge in [-0.1, -0.05) is 66.2 Å². The normalized spacial score (nSPS) is 15.4. The second-order valence-electron chi connectivity index (χ2n) is 7.21. The highest BCUT2D eigenvalue weighted by Crippen LogP contribution is 2.18. The Labute approximate surface area is 152 Å². The van der Waals surface area contributed by atoms with Gasteiger partial charge in [-0.3, -0.25) is 0 Å². The van der Waals surface area contributed by atoms with Crippen molar-refractivity contribution in [3.05, 3.63) is 0 Å². The SMILES string of the molecule is CCCCC(CC)COC(CCCCN)OCC(CC)CCCC. The largest absolute Gasteiger partial charge is 0.352 e. The molecule has 0 fully saturated rings. The van der Waals surface area contributed by atoms with Crippen LogP contribution >= 0.6 is 0 Å². The first-order valence-electron chi connectivity index (χ1n) is 10.6. The molecule has 0 amide bonds. The molecular formula is C21H45NO2. The molecule has 0 aromatic rings. The summed E-state index contributed by atoms with van der Waals surface area (Å²) in [6, 6.07) is 0. The van der Waals surface area contributed by atoms with E-state index >= 15 is 0 Å². The average Bonchev–Trinajstić information content (AvgIpc) is 2.61. The Bertz CT molecular complexity index is 228. The molecule has 2 atom stereocenters. The summed E-state index contributed by atoms with van der Waals surface area (Å²) in [6.45, 7) is 11.5. The first-order valence-corrected chi connectivity index (χ1v) is 10.6. The second kappa shape index (κ2) is 17.7. The van der Waals surface area contributed by atoms with E-state index in [1.807, 2.05) is 0 Å². The third-order valence-corrected chi connectivity index (χ3v) is 5.02. The fraction of sp³-hybridized carbons (Fsp3) is 1.00. The van der Waals surface area contributed by atoms with Gasteiger partial charge in [0.2, 0.25) is 0 Å². The number of rotatable bonds is 18. The smallest absolute Gasteiger partial charge is 0.157 e. The Morgan fingerprint density at radius 2 is 1.17 bits per heavy atom. The Morgan fingerprint density at radius 1 is 0.667 bits per heavy atom. The monoisotopic (exact) mass is 343 g/mol. The molecule has 0 saturated carbocycles. The van der Waals surface area contributed by atoms with Crippen molar-refractivity contribution in [2.24, 2.45) is 17.6 Å². The minimum Gasteiger partial charge on any atom is -0.352 e. The summed E-state index contributed by atoms with van der Waals surface area (Å²) in [5, 5.41) is 0. The summed E-state index contributed by atoms with van der Waals surface area (Å²) in [4.78, 5) is 0. The summed E-state index contributed by atoms with van der Waals surface area (Å²) >= 11 is 0. The molecule has 0 aliphatic rings. The lowest BCUT2D eigenvalue weighted by atomic mass is 10.0. The number of nitrogens with two attached hydrogens (primary N) is 1. The van der Waals surface area contributed by atoms with Gasteiger partial charge in [0.15, 0.2) is 6.29 Å². The van der Waals surface area contributed by atoms with Gasteiger partial charge >= 0.3 is 0 Å². The van der Waals surface area contributed by atoms with Gasteiger partial charge in [-0.15, -0.1) is 0 Å². The molecule has 0 heterocycles. The topological polar surface area (TPSA) is 44.5 Å². The van der Waals surface area contributed by atoms with Crippen molar-refractivity contribution in [1.29, 1.82) is 0 Å². The number of unbranched alkanes of at least 4 members (excludes halogenated alkanes) is 3. The maximum absolute atomic E-state index is 6.18. The quantitative estimate of drug-likeness (QED) is 0.249. The first-order chi connectivity index (χ1) is 11.7. The number of hydrogen-bond acceptors (Lipinski definition) is 3. The molecule has 0 aliphatic heterocycles. The lowest BCUT2D eigenvalue weighted by molar-refractivity contribution is -0.162. The van der Waals surface area contributed by atoms with E-state index in [4.69, 9.17) is 15.2 Å². The molecule has 146 valence electrons. The minimum absolute atomic E-state index is 0.0390. The van der Waals surface area contributed by atoms with Crippen molar-refractivity contribution in [3.8, 4) is 0 Å². The van der Waals surface area contributed by atoms with Gasteiger partial charge in [0, 0.05) is 0 Å². The third-order valence-electron chi connectivity index (χ3n) is 5.02. The van der Waals surface area contributed by atoms with Crippen molar-refractivity contribution < 1.29 is 9.47 Å². The van der Waals surface area contributed by atoms with Crippen LogP contribution in [0, 0.1) is 11.8 Å². The molecule has 3 nitrogen and oxygen atoms in total. The molecule has 0 aromatic heterocycles. The predicted octanol–water partition coefficient (Wildman–Crippen LogP) is 5.91. The van der Waals surface area contributed by atoms with Crippen molar-refractivity contribution in [2.75, 3.05) is 19.8 Å². The van der Waals surface area contributed by atoms with Crippen molar-refractivity contribution in [2.45, 2.75) is 105 Å². The molecule has 0 radical (unpaired) electrons. The second-order valence-corrected chi connectivity index (χ2v) is 7.21. The highest BCUT2D eigenvalue weighted by Gasteiger charge is 2.15. The Balaban J connectivity index is 4.28. The molecule has 0 aromatic carbocycles. The summed E-state index contributed by atoms with van der Waals surface area (Å²) < 4.78 is 12.4. The van der Waals surface area contributed by atoms with Gasteiger partial charge in [0.1, 0.15) is 0 Å². The van der Waals surface area contributed by atoms with E-state index in [0.29, 0.717) is 11.8 Å². The van der Waals surface area contributed by atoms with Gasteiger partial charge < -0.3 is 15.2 Å². The van der Waals surface area contributed by atoms with Gasteiger partial charge in [-0.2, -0.15) is 0 Å². The maximum Gasteiger partial charge on any atom is 0.157 e. The molecule has 0 rings (SSSR count). The molecule has 0 saturated heterocycles. The lowest BCUT2D eigenvalue weighted by Gasteiger charge is -2.24. The van der Waals surface area contributed by atoms with Crippen molar-refractivity contribution in [3.63, 3.8) is 0 Å². The van der Waals surface area contributed by atoms with Crippen LogP contribution in [0.3, 0.4) is 0 Å². The van der Waals surface area contributed by atoms with E-state index in [-0.39, 0.29) is 6.29 Å². The van der Waals surface area contributed by atoms with Crippen LogP contribution in [-0.2, 0) is 9.47 Å². The molecule has 3 heteroatoms. The molecule has 2 N–H and O–H groups in total. The summed E-state index contributed by atoms with van der Waals surface area (Å²) in [5.41, 5.74) is 5.63. The van der Waals surface area contributed by atoms with E-state index in [0.717, 1.165) is 39.0 Å². The van der Waals surface area contributed by atoms with Gasteiger partial charge in [0.25, 0.3) is 0 Å². The van der Waals surface area contributed by atoms with Crippen LogP contribution in [0.25, 0.3) is 0 Å². The number of hydrogen-bond donors (Lipinski definition) is 1. The van der Waals surface area contributed by atoms with E-state index in [2.05, 4.69) is 27.7 Å². The van der Waals surface area contributed by atoms with Crippen LogP contribution in [0.1, 0.15) is 98.3 Å².